The minimum Gasteiger partial charge on any atom is -0.468 e. The quantitative estimate of drug-likeness (QED) is 0.849. The van der Waals surface area contributed by atoms with Gasteiger partial charge in [-0.25, -0.2) is 13.1 Å². The maximum Gasteiger partial charge on any atom is 0.240 e. The summed E-state index contributed by atoms with van der Waals surface area (Å²) in [6.45, 7) is 3.87. The van der Waals surface area contributed by atoms with E-state index in [9.17, 15) is 8.42 Å². The topological polar surface area (TPSA) is 62.6 Å². The third kappa shape index (κ3) is 3.67. The molecule has 7 heteroatoms. The summed E-state index contributed by atoms with van der Waals surface area (Å²) >= 11 is 6.05. The summed E-state index contributed by atoms with van der Waals surface area (Å²) < 4.78 is 33.6. The van der Waals surface area contributed by atoms with Gasteiger partial charge in [-0.3, -0.25) is 4.90 Å². The van der Waals surface area contributed by atoms with E-state index in [0.29, 0.717) is 10.6 Å². The molecule has 1 unspecified atom stereocenters. The molecule has 0 aliphatic carbocycles. The van der Waals surface area contributed by atoms with Crippen LogP contribution in [0.25, 0.3) is 0 Å². The number of hydrogen-bond donors (Lipinski definition) is 1. The van der Waals surface area contributed by atoms with Gasteiger partial charge in [-0.2, -0.15) is 0 Å². The first-order valence-electron chi connectivity index (χ1n) is 8.01. The maximum atomic E-state index is 12.7. The number of rotatable bonds is 6. The lowest BCUT2D eigenvalue weighted by molar-refractivity contribution is 0.216. The molecule has 0 bridgehead atoms. The van der Waals surface area contributed by atoms with Crippen LogP contribution in [0.3, 0.4) is 0 Å². The first kappa shape index (κ1) is 17.5. The normalized spacial score (nSPS) is 17.2. The van der Waals surface area contributed by atoms with Crippen LogP contribution in [-0.4, -0.2) is 33.0 Å². The third-order valence-corrected chi connectivity index (χ3v) is 6.40. The van der Waals surface area contributed by atoms with Crippen molar-refractivity contribution in [1.29, 1.82) is 0 Å². The summed E-state index contributed by atoms with van der Waals surface area (Å²) in [6.07, 6.45) is 3.86. The summed E-state index contributed by atoms with van der Waals surface area (Å²) in [5, 5.41) is 0.444. The Morgan fingerprint density at radius 2 is 2.00 bits per heavy atom. The Hall–Kier alpha value is -1.34. The first-order valence-corrected chi connectivity index (χ1v) is 9.87. The molecule has 1 aliphatic heterocycles. The van der Waals surface area contributed by atoms with Crippen molar-refractivity contribution in [3.05, 3.63) is 52.9 Å². The van der Waals surface area contributed by atoms with Gasteiger partial charge in [0.25, 0.3) is 0 Å². The van der Waals surface area contributed by atoms with E-state index in [-0.39, 0.29) is 17.5 Å². The van der Waals surface area contributed by atoms with Gasteiger partial charge in [-0.1, -0.05) is 17.7 Å². The second-order valence-electron chi connectivity index (χ2n) is 5.99. The summed E-state index contributed by atoms with van der Waals surface area (Å²) in [5.74, 6) is 0.780. The molecule has 1 fully saturated rings. The number of hydrogen-bond acceptors (Lipinski definition) is 4. The van der Waals surface area contributed by atoms with Crippen LogP contribution in [0.1, 0.15) is 30.2 Å². The molecule has 1 aromatic carbocycles. The monoisotopic (exact) mass is 368 g/mol. The van der Waals surface area contributed by atoms with Gasteiger partial charge in [0.1, 0.15) is 5.76 Å². The van der Waals surface area contributed by atoms with Crippen molar-refractivity contribution in [1.82, 2.24) is 9.62 Å². The molecule has 0 spiro atoms. The van der Waals surface area contributed by atoms with E-state index in [0.717, 1.165) is 31.7 Å². The Bertz CT molecular complexity index is 784. The summed E-state index contributed by atoms with van der Waals surface area (Å²) in [5.41, 5.74) is 0.558. The average molecular weight is 369 g/mol. The molecule has 2 heterocycles. The van der Waals surface area contributed by atoms with Gasteiger partial charge in [0.15, 0.2) is 0 Å². The Kier molecular flexibility index (Phi) is 5.30. The van der Waals surface area contributed by atoms with Crippen molar-refractivity contribution in [2.75, 3.05) is 19.6 Å². The van der Waals surface area contributed by atoms with E-state index >= 15 is 0 Å². The lowest BCUT2D eigenvalue weighted by Gasteiger charge is -2.26. The molecule has 130 valence electrons. The van der Waals surface area contributed by atoms with Crippen molar-refractivity contribution in [2.45, 2.75) is 30.7 Å². The average Bonchev–Trinajstić information content (AvgIpc) is 3.24. The van der Waals surface area contributed by atoms with Gasteiger partial charge in [0.2, 0.25) is 10.0 Å². The smallest absolute Gasteiger partial charge is 0.240 e. The van der Waals surface area contributed by atoms with Gasteiger partial charge < -0.3 is 4.42 Å². The maximum absolute atomic E-state index is 12.7. The Labute approximate surface area is 147 Å². The van der Waals surface area contributed by atoms with Gasteiger partial charge in [-0.15, -0.1) is 0 Å². The highest BCUT2D eigenvalue weighted by atomic mass is 35.5. The van der Waals surface area contributed by atoms with Crippen molar-refractivity contribution >= 4 is 21.6 Å². The second kappa shape index (κ2) is 7.27. The number of halogens is 1. The lowest BCUT2D eigenvalue weighted by Crippen LogP contribution is -2.36. The molecule has 0 radical (unpaired) electrons. The van der Waals surface area contributed by atoms with Gasteiger partial charge >= 0.3 is 0 Å². The highest BCUT2D eigenvalue weighted by molar-refractivity contribution is 7.89. The SMILES string of the molecule is Cc1c(Cl)cccc1S(=O)(=O)NCC(c1ccco1)N1CCCC1. The fourth-order valence-electron chi connectivity index (χ4n) is 3.09. The number of likely N-dealkylation sites (tertiary alicyclic amines) is 1. The molecule has 1 aromatic heterocycles. The van der Waals surface area contributed by atoms with Crippen LogP contribution in [0.4, 0.5) is 0 Å². The zero-order valence-corrected chi connectivity index (χ0v) is 15.1. The minimum atomic E-state index is -3.63. The van der Waals surface area contributed by atoms with Crippen LogP contribution in [-0.2, 0) is 10.0 Å². The zero-order chi connectivity index (χ0) is 17.2. The highest BCUT2D eigenvalue weighted by Crippen LogP contribution is 2.26. The van der Waals surface area contributed by atoms with E-state index in [4.69, 9.17) is 16.0 Å². The highest BCUT2D eigenvalue weighted by Gasteiger charge is 2.28. The molecular weight excluding hydrogens is 348 g/mol. The molecule has 1 aliphatic rings. The number of furan rings is 1. The van der Waals surface area contributed by atoms with E-state index < -0.39 is 10.0 Å². The van der Waals surface area contributed by atoms with Crippen LogP contribution in [0.15, 0.2) is 45.9 Å². The number of benzene rings is 1. The zero-order valence-electron chi connectivity index (χ0n) is 13.5. The summed E-state index contributed by atoms with van der Waals surface area (Å²) in [6, 6.07) is 8.52. The molecule has 0 saturated carbocycles. The molecule has 0 amide bonds. The first-order chi connectivity index (χ1) is 11.5. The van der Waals surface area contributed by atoms with Crippen LogP contribution in [0.5, 0.6) is 0 Å². The van der Waals surface area contributed by atoms with Gasteiger partial charge in [0, 0.05) is 11.6 Å². The van der Waals surface area contributed by atoms with Crippen LogP contribution < -0.4 is 4.72 Å². The van der Waals surface area contributed by atoms with E-state index in [1.807, 2.05) is 12.1 Å². The largest absolute Gasteiger partial charge is 0.468 e. The number of nitrogens with one attached hydrogen (secondary N) is 1. The molecule has 1 N–H and O–H groups in total. The Morgan fingerprint density at radius 3 is 2.67 bits per heavy atom. The predicted molar refractivity (Wildman–Crippen MR) is 93.6 cm³/mol. The van der Waals surface area contributed by atoms with E-state index in [1.54, 1.807) is 31.4 Å². The van der Waals surface area contributed by atoms with Crippen molar-refractivity contribution < 1.29 is 12.8 Å². The second-order valence-corrected chi connectivity index (χ2v) is 8.13. The molecule has 1 saturated heterocycles. The van der Waals surface area contributed by atoms with Crippen LogP contribution >= 0.6 is 11.6 Å². The number of sulfonamides is 1. The Balaban J connectivity index is 1.80. The molecule has 3 rings (SSSR count). The van der Waals surface area contributed by atoms with Crippen molar-refractivity contribution in [2.24, 2.45) is 0 Å². The molecule has 2 aromatic rings. The van der Waals surface area contributed by atoms with Gasteiger partial charge in [-0.05, 0) is 62.7 Å². The number of nitrogens with zero attached hydrogens (tertiary/aromatic N) is 1. The molecular formula is C17H21ClN2O3S. The van der Waals surface area contributed by atoms with Crippen molar-refractivity contribution in [3.63, 3.8) is 0 Å². The Morgan fingerprint density at radius 1 is 1.25 bits per heavy atom. The van der Waals surface area contributed by atoms with Crippen LogP contribution in [0, 0.1) is 6.92 Å². The summed E-state index contributed by atoms with van der Waals surface area (Å²) in [7, 11) is -3.63. The third-order valence-electron chi connectivity index (χ3n) is 4.43. The standard InChI is InChI=1S/C17H21ClN2O3S/c1-13-14(18)6-4-8-17(13)24(21,22)19-12-15(16-7-5-11-23-16)20-9-2-3-10-20/h4-8,11,15,19H,2-3,9-10,12H2,1H3. The fraction of sp³-hybridized carbons (Fsp3) is 0.412. The predicted octanol–water partition coefficient (Wildman–Crippen LogP) is 3.36. The molecule has 1 atom stereocenters. The minimum absolute atomic E-state index is 0.100. The van der Waals surface area contributed by atoms with E-state index in [1.165, 1.54) is 0 Å². The van der Waals surface area contributed by atoms with Crippen molar-refractivity contribution in [3.8, 4) is 0 Å². The lowest BCUT2D eigenvalue weighted by atomic mass is 10.2. The van der Waals surface area contributed by atoms with Crippen LogP contribution in [0.2, 0.25) is 5.02 Å². The summed E-state index contributed by atoms with van der Waals surface area (Å²) in [4.78, 5) is 2.47. The molecule has 5 nitrogen and oxygen atoms in total. The molecule has 24 heavy (non-hydrogen) atoms. The fourth-order valence-corrected chi connectivity index (χ4v) is 4.62. The van der Waals surface area contributed by atoms with Gasteiger partial charge in [0.05, 0.1) is 17.2 Å². The van der Waals surface area contributed by atoms with E-state index in [2.05, 4.69) is 9.62 Å².